The lowest BCUT2D eigenvalue weighted by Gasteiger charge is -2.24. The fourth-order valence-corrected chi connectivity index (χ4v) is 1.92. The van der Waals surface area contributed by atoms with Gasteiger partial charge >= 0.3 is 12.2 Å². The minimum Gasteiger partial charge on any atom is -0.465 e. The van der Waals surface area contributed by atoms with Crippen LogP contribution in [0.1, 0.15) is 46.5 Å². The quantitative estimate of drug-likeness (QED) is 0.397. The van der Waals surface area contributed by atoms with Crippen molar-refractivity contribution in [1.82, 2.24) is 15.5 Å². The normalized spacial score (nSPS) is 11.3. The number of carbonyl (C=O) groups excluding carboxylic acids is 1. The SMILES string of the molecule is CC(C)(C)OC(=O)N(CCCNCCCCNCCCN)C(=O)O. The van der Waals surface area contributed by atoms with Crippen LogP contribution in [0.15, 0.2) is 0 Å². The van der Waals surface area contributed by atoms with Crippen molar-refractivity contribution >= 4 is 12.2 Å². The van der Waals surface area contributed by atoms with Crippen LogP contribution in [0.4, 0.5) is 9.59 Å². The van der Waals surface area contributed by atoms with Crippen LogP contribution in [-0.2, 0) is 4.74 Å². The number of nitrogens with two attached hydrogens (primary N) is 1. The second-order valence-electron chi connectivity index (χ2n) is 6.62. The van der Waals surface area contributed by atoms with Crippen LogP contribution in [0.25, 0.3) is 0 Å². The Morgan fingerprint density at radius 2 is 1.50 bits per heavy atom. The molecule has 24 heavy (non-hydrogen) atoms. The van der Waals surface area contributed by atoms with Gasteiger partial charge in [0.15, 0.2) is 0 Å². The second kappa shape index (κ2) is 13.0. The third-order valence-electron chi connectivity index (χ3n) is 3.09. The summed E-state index contributed by atoms with van der Waals surface area (Å²) in [6, 6.07) is 0. The van der Waals surface area contributed by atoms with Crippen molar-refractivity contribution in [2.45, 2.75) is 52.1 Å². The van der Waals surface area contributed by atoms with Gasteiger partial charge in [-0.25, -0.2) is 14.5 Å². The van der Waals surface area contributed by atoms with Gasteiger partial charge in [-0.3, -0.25) is 0 Å². The molecule has 0 radical (unpaired) electrons. The number of unbranched alkanes of at least 4 members (excludes halogenated alkanes) is 1. The molecular weight excluding hydrogens is 312 g/mol. The molecule has 0 aliphatic heterocycles. The van der Waals surface area contributed by atoms with Crippen molar-refractivity contribution in [2.75, 3.05) is 39.3 Å². The van der Waals surface area contributed by atoms with Gasteiger partial charge in [-0.2, -0.15) is 0 Å². The highest BCUT2D eigenvalue weighted by molar-refractivity contribution is 5.86. The van der Waals surface area contributed by atoms with Crippen LogP contribution in [-0.4, -0.2) is 67.1 Å². The number of carbonyl (C=O) groups is 2. The van der Waals surface area contributed by atoms with Crippen molar-refractivity contribution < 1.29 is 19.4 Å². The molecule has 0 aliphatic rings. The van der Waals surface area contributed by atoms with E-state index in [9.17, 15) is 9.59 Å². The fraction of sp³-hybridized carbons (Fsp3) is 0.875. The van der Waals surface area contributed by atoms with Crippen LogP contribution in [0.3, 0.4) is 0 Å². The van der Waals surface area contributed by atoms with Gasteiger partial charge in [0.05, 0.1) is 0 Å². The fourth-order valence-electron chi connectivity index (χ4n) is 1.92. The Balaban J connectivity index is 3.72. The maximum atomic E-state index is 11.8. The molecule has 0 atom stereocenters. The molecule has 0 fully saturated rings. The molecule has 0 saturated carbocycles. The number of rotatable bonds is 12. The van der Waals surface area contributed by atoms with Crippen molar-refractivity contribution in [3.8, 4) is 0 Å². The van der Waals surface area contributed by atoms with E-state index >= 15 is 0 Å². The Morgan fingerprint density at radius 1 is 1.00 bits per heavy atom. The van der Waals surface area contributed by atoms with Gasteiger partial charge in [-0.05, 0) is 79.2 Å². The maximum Gasteiger partial charge on any atom is 0.419 e. The van der Waals surface area contributed by atoms with Crippen molar-refractivity contribution in [3.63, 3.8) is 0 Å². The minimum absolute atomic E-state index is 0.123. The zero-order chi connectivity index (χ0) is 18.4. The molecule has 0 aromatic carbocycles. The Morgan fingerprint density at radius 3 is 1.96 bits per heavy atom. The molecule has 0 aromatic heterocycles. The van der Waals surface area contributed by atoms with E-state index in [1.54, 1.807) is 20.8 Å². The van der Waals surface area contributed by atoms with E-state index in [0.29, 0.717) is 24.4 Å². The summed E-state index contributed by atoms with van der Waals surface area (Å²) in [5, 5.41) is 15.7. The standard InChI is InChI=1S/C16H34N4O4/c1-16(2,3)24-15(23)20(14(21)22)13-7-12-19-10-5-4-9-18-11-6-8-17/h18-19H,4-13,17H2,1-3H3,(H,21,22). The summed E-state index contributed by atoms with van der Waals surface area (Å²) in [7, 11) is 0. The Labute approximate surface area is 145 Å². The molecule has 0 rings (SSSR count). The van der Waals surface area contributed by atoms with Gasteiger partial charge in [-0.15, -0.1) is 0 Å². The molecule has 0 heterocycles. The highest BCUT2D eigenvalue weighted by atomic mass is 16.6. The molecule has 8 heteroatoms. The molecular formula is C16H34N4O4. The summed E-state index contributed by atoms with van der Waals surface area (Å²) in [5.41, 5.74) is 4.70. The molecule has 0 saturated heterocycles. The summed E-state index contributed by atoms with van der Waals surface area (Å²) >= 11 is 0. The first-order valence-corrected chi connectivity index (χ1v) is 8.63. The number of nitrogens with zero attached hydrogens (tertiary/aromatic N) is 1. The van der Waals surface area contributed by atoms with E-state index in [2.05, 4.69) is 10.6 Å². The second-order valence-corrected chi connectivity index (χ2v) is 6.62. The van der Waals surface area contributed by atoms with Crippen LogP contribution in [0.5, 0.6) is 0 Å². The lowest BCUT2D eigenvalue weighted by Crippen LogP contribution is -2.41. The van der Waals surface area contributed by atoms with E-state index in [-0.39, 0.29) is 6.54 Å². The van der Waals surface area contributed by atoms with E-state index < -0.39 is 17.8 Å². The predicted molar refractivity (Wildman–Crippen MR) is 94.2 cm³/mol. The highest BCUT2D eigenvalue weighted by Gasteiger charge is 2.26. The minimum atomic E-state index is -1.28. The molecule has 0 unspecified atom stereocenters. The van der Waals surface area contributed by atoms with Gasteiger partial charge in [0.25, 0.3) is 0 Å². The van der Waals surface area contributed by atoms with Crippen molar-refractivity contribution in [1.29, 1.82) is 0 Å². The average Bonchev–Trinajstić information content (AvgIpc) is 2.46. The number of hydrogen-bond donors (Lipinski definition) is 4. The summed E-state index contributed by atoms with van der Waals surface area (Å²) < 4.78 is 5.08. The van der Waals surface area contributed by atoms with Crippen LogP contribution >= 0.6 is 0 Å². The smallest absolute Gasteiger partial charge is 0.419 e. The Hall–Kier alpha value is -1.38. The van der Waals surface area contributed by atoms with Gasteiger partial charge in [0.1, 0.15) is 5.60 Å². The van der Waals surface area contributed by atoms with Crippen LogP contribution < -0.4 is 16.4 Å². The van der Waals surface area contributed by atoms with E-state index in [1.165, 1.54) is 0 Å². The number of ether oxygens (including phenoxy) is 1. The number of amides is 2. The number of hydrogen-bond acceptors (Lipinski definition) is 6. The summed E-state index contributed by atoms with van der Waals surface area (Å²) in [6.07, 6.45) is 1.57. The molecule has 142 valence electrons. The number of nitrogens with one attached hydrogen (secondary N) is 2. The topological polar surface area (TPSA) is 117 Å². The summed E-state index contributed by atoms with van der Waals surface area (Å²) in [6.45, 7) is 9.42. The summed E-state index contributed by atoms with van der Waals surface area (Å²) in [5.74, 6) is 0. The maximum absolute atomic E-state index is 11.8. The zero-order valence-electron chi connectivity index (χ0n) is 15.3. The first-order valence-electron chi connectivity index (χ1n) is 8.63. The van der Waals surface area contributed by atoms with Gasteiger partial charge in [0, 0.05) is 6.54 Å². The number of imide groups is 1. The molecule has 0 aliphatic carbocycles. The first-order chi connectivity index (χ1) is 11.3. The van der Waals surface area contributed by atoms with Crippen molar-refractivity contribution in [2.24, 2.45) is 5.73 Å². The monoisotopic (exact) mass is 346 g/mol. The first kappa shape index (κ1) is 22.6. The molecule has 0 bridgehead atoms. The molecule has 0 aromatic rings. The van der Waals surface area contributed by atoms with E-state index in [0.717, 1.165) is 38.9 Å². The van der Waals surface area contributed by atoms with Gasteiger partial charge in [0.2, 0.25) is 0 Å². The number of carboxylic acid groups (broad SMARTS) is 1. The lowest BCUT2D eigenvalue weighted by molar-refractivity contribution is 0.0268. The third-order valence-corrected chi connectivity index (χ3v) is 3.09. The predicted octanol–water partition coefficient (Wildman–Crippen LogP) is 1.60. The third kappa shape index (κ3) is 13.1. The van der Waals surface area contributed by atoms with Gasteiger partial charge < -0.3 is 26.2 Å². The highest BCUT2D eigenvalue weighted by Crippen LogP contribution is 2.10. The average molecular weight is 346 g/mol. The van der Waals surface area contributed by atoms with E-state index in [1.807, 2.05) is 0 Å². The largest absolute Gasteiger partial charge is 0.465 e. The molecule has 0 spiro atoms. The lowest BCUT2D eigenvalue weighted by atomic mass is 10.2. The Bertz CT molecular complexity index is 358. The molecule has 5 N–H and O–H groups in total. The van der Waals surface area contributed by atoms with E-state index in [4.69, 9.17) is 15.6 Å². The summed E-state index contributed by atoms with van der Waals surface area (Å²) in [4.78, 5) is 23.6. The van der Waals surface area contributed by atoms with Crippen molar-refractivity contribution in [3.05, 3.63) is 0 Å². The molecule has 8 nitrogen and oxygen atoms in total. The molecule has 2 amide bonds. The van der Waals surface area contributed by atoms with Gasteiger partial charge in [-0.1, -0.05) is 0 Å². The van der Waals surface area contributed by atoms with Crippen LogP contribution in [0.2, 0.25) is 0 Å². The van der Waals surface area contributed by atoms with Crippen LogP contribution in [0, 0.1) is 0 Å². The Kier molecular flexibility index (Phi) is 12.2. The zero-order valence-corrected chi connectivity index (χ0v) is 15.3.